The van der Waals surface area contributed by atoms with Gasteiger partial charge < -0.3 is 21.3 Å². The van der Waals surface area contributed by atoms with Crippen LogP contribution in [-0.4, -0.2) is 41.6 Å². The van der Waals surface area contributed by atoms with Crippen molar-refractivity contribution in [3.05, 3.63) is 30.0 Å². The molecule has 1 aromatic carbocycles. The van der Waals surface area contributed by atoms with Crippen LogP contribution >= 0.6 is 11.8 Å². The summed E-state index contributed by atoms with van der Waals surface area (Å²) in [5, 5.41) is 0.377. The number of halogens is 2. The lowest BCUT2D eigenvalue weighted by atomic mass is 9.65. The number of hydrogen-bond acceptors (Lipinski definition) is 7. The Bertz CT molecular complexity index is 1180. The average molecular weight is 501 g/mol. The van der Waals surface area contributed by atoms with Gasteiger partial charge in [-0.3, -0.25) is 4.79 Å². The number of piperidine rings is 1. The summed E-state index contributed by atoms with van der Waals surface area (Å²) in [5.41, 5.74) is 13.2. The third kappa shape index (κ3) is 3.85. The number of rotatable bonds is 3. The van der Waals surface area contributed by atoms with Crippen molar-refractivity contribution in [1.29, 1.82) is 0 Å². The van der Waals surface area contributed by atoms with Gasteiger partial charge in [0.2, 0.25) is 5.91 Å². The maximum absolute atomic E-state index is 14.8. The summed E-state index contributed by atoms with van der Waals surface area (Å²) in [6.45, 7) is 2.37. The van der Waals surface area contributed by atoms with Gasteiger partial charge in [-0.25, -0.2) is 9.97 Å². The average Bonchev–Trinajstić information content (AvgIpc) is 3.49. The molecule has 3 heterocycles. The van der Waals surface area contributed by atoms with Gasteiger partial charge in [-0.1, -0.05) is 17.8 Å². The fourth-order valence-electron chi connectivity index (χ4n) is 6.41. The van der Waals surface area contributed by atoms with Crippen LogP contribution in [-0.2, 0) is 10.7 Å². The maximum Gasteiger partial charge on any atom is 0.293 e. The van der Waals surface area contributed by atoms with E-state index in [0.29, 0.717) is 15.7 Å². The first-order valence-corrected chi connectivity index (χ1v) is 13.1. The van der Waals surface area contributed by atoms with E-state index in [4.69, 9.17) is 11.5 Å². The lowest BCUT2D eigenvalue weighted by Crippen LogP contribution is -2.52. The van der Waals surface area contributed by atoms with Crippen molar-refractivity contribution < 1.29 is 13.6 Å². The van der Waals surface area contributed by atoms with E-state index in [-0.39, 0.29) is 28.5 Å². The molecule has 7 nitrogen and oxygen atoms in total. The second-order valence-corrected chi connectivity index (χ2v) is 11.7. The van der Waals surface area contributed by atoms with Gasteiger partial charge in [-0.15, -0.1) is 0 Å². The molecule has 2 aliphatic carbocycles. The Kier molecular flexibility index (Phi) is 5.27. The summed E-state index contributed by atoms with van der Waals surface area (Å²) in [6.07, 6.45) is 7.54. The molecular weight excluding hydrogens is 470 g/mol. The Labute approximate surface area is 207 Å². The summed E-state index contributed by atoms with van der Waals surface area (Å²) in [6, 6.07) is 5.11. The summed E-state index contributed by atoms with van der Waals surface area (Å²) < 4.78 is 29.7. The van der Waals surface area contributed by atoms with Crippen molar-refractivity contribution >= 4 is 35.0 Å². The number of alkyl halides is 2. The third-order valence-corrected chi connectivity index (χ3v) is 9.59. The van der Waals surface area contributed by atoms with Crippen LogP contribution in [0, 0.1) is 17.3 Å². The molecule has 10 heteroatoms. The highest BCUT2D eigenvalue weighted by Gasteiger charge is 2.53. The Hall–Kier alpha value is -2.46. The van der Waals surface area contributed by atoms with Gasteiger partial charge in [0.1, 0.15) is 10.8 Å². The predicted molar refractivity (Wildman–Crippen MR) is 132 cm³/mol. The third-order valence-electron chi connectivity index (χ3n) is 8.52. The van der Waals surface area contributed by atoms with Crippen molar-refractivity contribution in [3.63, 3.8) is 0 Å². The van der Waals surface area contributed by atoms with E-state index in [1.54, 1.807) is 24.4 Å². The van der Waals surface area contributed by atoms with Crippen LogP contribution in [0.25, 0.3) is 0 Å². The van der Waals surface area contributed by atoms with E-state index in [2.05, 4.69) is 14.9 Å². The molecule has 186 valence electrons. The van der Waals surface area contributed by atoms with Crippen LogP contribution < -0.4 is 21.3 Å². The molecule has 0 radical (unpaired) electrons. The molecule has 3 fully saturated rings. The number of benzene rings is 1. The predicted octanol–water partition coefficient (Wildman–Crippen LogP) is 4.01. The van der Waals surface area contributed by atoms with E-state index < -0.39 is 18.4 Å². The van der Waals surface area contributed by atoms with Gasteiger partial charge in [0, 0.05) is 31.0 Å². The standard InChI is InChI=1S/C25H30F2N6OS/c1-14(34)33-13-25(26,27)21-17(33)3-2-4-18(21)35-23-22(29)31-20(12-30-23)32-7-5-24(6-8-32)11-16-9-15(16)10-19(24)28/h2-4,12,15-16,19H,5-11,13,28H2,1H3,(H2,29,31)/t15?,16?,19-/m1/s1. The fraction of sp³-hybridized carbons (Fsp3) is 0.560. The SMILES string of the molecule is CC(=O)N1CC(F)(F)c2c(Sc3ncc(N4CCC5(CC4)CC4CC4C[C@H]5N)nc3N)cccc21. The molecule has 4 N–H and O–H groups in total. The van der Waals surface area contributed by atoms with Crippen LogP contribution in [0.5, 0.6) is 0 Å². The first-order valence-electron chi connectivity index (χ1n) is 12.3. The Morgan fingerprint density at radius 3 is 2.69 bits per heavy atom. The van der Waals surface area contributed by atoms with Crippen molar-refractivity contribution in [2.24, 2.45) is 23.0 Å². The molecule has 2 unspecified atom stereocenters. The first-order chi connectivity index (χ1) is 16.7. The topological polar surface area (TPSA) is 101 Å². The molecule has 1 saturated heterocycles. The molecule has 4 aliphatic rings. The first kappa shape index (κ1) is 23.0. The number of anilines is 3. The summed E-state index contributed by atoms with van der Waals surface area (Å²) in [4.78, 5) is 24.6. The molecule has 2 aliphatic heterocycles. The second kappa shape index (κ2) is 8.03. The van der Waals surface area contributed by atoms with Gasteiger partial charge in [0.25, 0.3) is 5.92 Å². The van der Waals surface area contributed by atoms with E-state index in [9.17, 15) is 13.6 Å². The number of carbonyl (C=O) groups excluding carboxylic acids is 1. The highest BCUT2D eigenvalue weighted by Crippen LogP contribution is 2.58. The van der Waals surface area contributed by atoms with E-state index in [1.807, 2.05) is 0 Å². The molecule has 2 saturated carbocycles. The van der Waals surface area contributed by atoms with Gasteiger partial charge in [-0.05, 0) is 61.5 Å². The van der Waals surface area contributed by atoms with E-state index in [0.717, 1.165) is 60.8 Å². The summed E-state index contributed by atoms with van der Waals surface area (Å²) >= 11 is 1.06. The molecule has 1 aromatic heterocycles. The molecule has 0 bridgehead atoms. The van der Waals surface area contributed by atoms with Crippen molar-refractivity contribution in [1.82, 2.24) is 9.97 Å². The van der Waals surface area contributed by atoms with Crippen LogP contribution in [0.2, 0.25) is 0 Å². The zero-order valence-electron chi connectivity index (χ0n) is 19.7. The molecule has 35 heavy (non-hydrogen) atoms. The van der Waals surface area contributed by atoms with Gasteiger partial charge >= 0.3 is 0 Å². The number of carbonyl (C=O) groups is 1. The molecule has 6 rings (SSSR count). The molecule has 1 amide bonds. The van der Waals surface area contributed by atoms with Crippen LogP contribution in [0.4, 0.5) is 26.1 Å². The number of fused-ring (bicyclic) bond motifs is 2. The highest BCUT2D eigenvalue weighted by atomic mass is 32.2. The van der Waals surface area contributed by atoms with Gasteiger partial charge in [0.15, 0.2) is 5.82 Å². The Balaban J connectivity index is 1.19. The monoisotopic (exact) mass is 500 g/mol. The maximum atomic E-state index is 14.8. The summed E-state index contributed by atoms with van der Waals surface area (Å²) in [7, 11) is 0. The fourth-order valence-corrected chi connectivity index (χ4v) is 7.38. The minimum absolute atomic E-state index is 0.159. The number of hydrogen-bond donors (Lipinski definition) is 2. The molecular formula is C25H30F2N6OS. The number of aromatic nitrogens is 2. The van der Waals surface area contributed by atoms with Gasteiger partial charge in [0.05, 0.1) is 24.0 Å². The Morgan fingerprint density at radius 2 is 1.97 bits per heavy atom. The quantitative estimate of drug-likeness (QED) is 0.657. The minimum Gasteiger partial charge on any atom is -0.381 e. The lowest BCUT2D eigenvalue weighted by Gasteiger charge is -2.48. The largest absolute Gasteiger partial charge is 0.381 e. The van der Waals surface area contributed by atoms with E-state index >= 15 is 0 Å². The number of nitrogens with two attached hydrogens (primary N) is 2. The zero-order valence-corrected chi connectivity index (χ0v) is 20.5. The number of amides is 1. The van der Waals surface area contributed by atoms with Crippen molar-refractivity contribution in [2.75, 3.05) is 35.2 Å². The molecule has 2 aromatic rings. The normalized spacial score (nSPS) is 28.1. The van der Waals surface area contributed by atoms with Crippen LogP contribution in [0.15, 0.2) is 34.3 Å². The smallest absolute Gasteiger partial charge is 0.293 e. The van der Waals surface area contributed by atoms with Crippen LogP contribution in [0.1, 0.15) is 44.6 Å². The van der Waals surface area contributed by atoms with Crippen molar-refractivity contribution in [2.45, 2.75) is 60.9 Å². The molecule has 3 atom stereocenters. The number of nitrogen functional groups attached to an aromatic ring is 1. The van der Waals surface area contributed by atoms with Gasteiger partial charge in [-0.2, -0.15) is 8.78 Å². The van der Waals surface area contributed by atoms with Crippen molar-refractivity contribution in [3.8, 4) is 0 Å². The second-order valence-electron chi connectivity index (χ2n) is 10.6. The molecule has 1 spiro atoms. The zero-order chi connectivity index (χ0) is 24.5. The number of nitrogens with zero attached hydrogens (tertiary/aromatic N) is 4. The lowest BCUT2D eigenvalue weighted by molar-refractivity contribution is -0.117. The van der Waals surface area contributed by atoms with Crippen LogP contribution in [0.3, 0.4) is 0 Å². The summed E-state index contributed by atoms with van der Waals surface area (Å²) in [5.74, 6) is -0.893. The highest BCUT2D eigenvalue weighted by molar-refractivity contribution is 7.99. The minimum atomic E-state index is -3.14. The Morgan fingerprint density at radius 1 is 1.20 bits per heavy atom. The van der Waals surface area contributed by atoms with E-state index in [1.165, 1.54) is 19.8 Å².